The van der Waals surface area contributed by atoms with E-state index in [2.05, 4.69) is 15.0 Å². The predicted molar refractivity (Wildman–Crippen MR) is 111 cm³/mol. The maximum absolute atomic E-state index is 14.7. The SMILES string of the molecule is CCCCOc1nc(-c2ccccn2)nc(OCCCC)c1-c1c(F)cc(F)cc1F. The molecule has 0 bridgehead atoms. The lowest BCUT2D eigenvalue weighted by molar-refractivity contribution is 0.281. The van der Waals surface area contributed by atoms with Gasteiger partial charge in [0.25, 0.3) is 0 Å². The molecule has 0 spiro atoms. The highest BCUT2D eigenvalue weighted by molar-refractivity contribution is 5.76. The Morgan fingerprint density at radius 1 is 0.806 bits per heavy atom. The van der Waals surface area contributed by atoms with Gasteiger partial charge in [0.1, 0.15) is 28.7 Å². The third kappa shape index (κ3) is 5.51. The van der Waals surface area contributed by atoms with Crippen LogP contribution < -0.4 is 9.47 Å². The topological polar surface area (TPSA) is 57.1 Å². The van der Waals surface area contributed by atoms with Crippen LogP contribution in [0, 0.1) is 17.5 Å². The molecule has 8 heteroatoms. The maximum Gasteiger partial charge on any atom is 0.229 e. The second-order valence-corrected chi connectivity index (χ2v) is 6.90. The summed E-state index contributed by atoms with van der Waals surface area (Å²) >= 11 is 0. The van der Waals surface area contributed by atoms with E-state index >= 15 is 0 Å². The minimum atomic E-state index is -1.09. The monoisotopic (exact) mass is 431 g/mol. The van der Waals surface area contributed by atoms with E-state index in [1.807, 2.05) is 13.8 Å². The van der Waals surface area contributed by atoms with Crippen LogP contribution in [0.2, 0.25) is 0 Å². The van der Waals surface area contributed by atoms with E-state index in [0.29, 0.717) is 30.7 Å². The summed E-state index contributed by atoms with van der Waals surface area (Å²) in [7, 11) is 0. The number of ether oxygens (including phenoxy) is 2. The van der Waals surface area contributed by atoms with Crippen molar-refractivity contribution >= 4 is 0 Å². The molecule has 0 N–H and O–H groups in total. The molecular weight excluding hydrogens is 407 g/mol. The molecule has 3 rings (SSSR count). The van der Waals surface area contributed by atoms with Gasteiger partial charge in [0.05, 0.1) is 18.8 Å². The third-order valence-corrected chi connectivity index (χ3v) is 4.47. The first-order valence-electron chi connectivity index (χ1n) is 10.3. The quantitative estimate of drug-likeness (QED) is 0.370. The Balaban J connectivity index is 2.21. The molecule has 0 atom stereocenters. The summed E-state index contributed by atoms with van der Waals surface area (Å²) in [6.45, 7) is 4.53. The fourth-order valence-electron chi connectivity index (χ4n) is 2.86. The van der Waals surface area contributed by atoms with E-state index in [-0.39, 0.29) is 36.4 Å². The summed E-state index contributed by atoms with van der Waals surface area (Å²) in [5, 5.41) is 0. The van der Waals surface area contributed by atoms with Crippen molar-refractivity contribution in [1.82, 2.24) is 15.0 Å². The van der Waals surface area contributed by atoms with Gasteiger partial charge in [-0.2, -0.15) is 9.97 Å². The van der Waals surface area contributed by atoms with Crippen LogP contribution in [-0.4, -0.2) is 28.2 Å². The molecule has 3 aromatic rings. The lowest BCUT2D eigenvalue weighted by Crippen LogP contribution is -2.09. The summed E-state index contributed by atoms with van der Waals surface area (Å²) < 4.78 is 54.5. The molecule has 2 aromatic heterocycles. The van der Waals surface area contributed by atoms with Crippen LogP contribution in [-0.2, 0) is 0 Å². The average molecular weight is 431 g/mol. The summed E-state index contributed by atoms with van der Waals surface area (Å²) in [4.78, 5) is 13.0. The minimum absolute atomic E-state index is 0.0417. The fourth-order valence-corrected chi connectivity index (χ4v) is 2.86. The van der Waals surface area contributed by atoms with Crippen molar-refractivity contribution < 1.29 is 22.6 Å². The first-order chi connectivity index (χ1) is 15.0. The van der Waals surface area contributed by atoms with Crippen molar-refractivity contribution in [1.29, 1.82) is 0 Å². The van der Waals surface area contributed by atoms with E-state index < -0.39 is 23.0 Å². The largest absolute Gasteiger partial charge is 0.477 e. The van der Waals surface area contributed by atoms with E-state index in [1.165, 1.54) is 0 Å². The van der Waals surface area contributed by atoms with Gasteiger partial charge >= 0.3 is 0 Å². The van der Waals surface area contributed by atoms with Crippen molar-refractivity contribution in [2.75, 3.05) is 13.2 Å². The molecule has 31 heavy (non-hydrogen) atoms. The summed E-state index contributed by atoms with van der Waals surface area (Å²) in [6, 6.07) is 6.44. The van der Waals surface area contributed by atoms with Crippen molar-refractivity contribution in [2.24, 2.45) is 0 Å². The van der Waals surface area contributed by atoms with Gasteiger partial charge in [-0.3, -0.25) is 4.98 Å². The molecule has 0 unspecified atom stereocenters. The summed E-state index contributed by atoms with van der Waals surface area (Å²) in [6.07, 6.45) is 4.71. The molecule has 0 saturated carbocycles. The number of pyridine rings is 1. The Hall–Kier alpha value is -3.16. The molecule has 164 valence electrons. The van der Waals surface area contributed by atoms with Gasteiger partial charge in [-0.15, -0.1) is 0 Å². The number of rotatable bonds is 10. The number of halogens is 3. The zero-order valence-corrected chi connectivity index (χ0v) is 17.5. The number of hydrogen-bond acceptors (Lipinski definition) is 5. The van der Waals surface area contributed by atoms with Gasteiger partial charge in [0.15, 0.2) is 5.82 Å². The van der Waals surface area contributed by atoms with Crippen LogP contribution in [0.3, 0.4) is 0 Å². The van der Waals surface area contributed by atoms with Crippen molar-refractivity contribution in [2.45, 2.75) is 39.5 Å². The standard InChI is InChI=1S/C23H24F3N3O2/c1-3-5-11-30-22-20(19-16(25)13-15(24)14-17(19)26)23(31-12-6-4-2)29-21(28-22)18-9-7-8-10-27-18/h7-10,13-14H,3-6,11-12H2,1-2H3. The number of benzene rings is 1. The van der Waals surface area contributed by atoms with E-state index in [4.69, 9.17) is 9.47 Å². The Bertz CT molecular complexity index is 962. The van der Waals surface area contributed by atoms with Crippen LogP contribution >= 0.6 is 0 Å². The normalized spacial score (nSPS) is 10.9. The van der Waals surface area contributed by atoms with Crippen molar-refractivity contribution in [3.05, 3.63) is 54.0 Å². The molecule has 0 radical (unpaired) electrons. The highest BCUT2D eigenvalue weighted by Gasteiger charge is 2.26. The molecule has 0 aliphatic heterocycles. The van der Waals surface area contributed by atoms with Gasteiger partial charge in [-0.05, 0) is 25.0 Å². The lowest BCUT2D eigenvalue weighted by atomic mass is 10.1. The zero-order valence-electron chi connectivity index (χ0n) is 17.5. The van der Waals surface area contributed by atoms with Crippen LogP contribution in [0.15, 0.2) is 36.5 Å². The zero-order chi connectivity index (χ0) is 22.2. The number of nitrogens with zero attached hydrogens (tertiary/aromatic N) is 3. The number of hydrogen-bond donors (Lipinski definition) is 0. The lowest BCUT2D eigenvalue weighted by Gasteiger charge is -2.17. The van der Waals surface area contributed by atoms with E-state index in [9.17, 15) is 13.2 Å². The third-order valence-electron chi connectivity index (χ3n) is 4.47. The second-order valence-electron chi connectivity index (χ2n) is 6.90. The van der Waals surface area contributed by atoms with Crippen LogP contribution in [0.4, 0.5) is 13.2 Å². The van der Waals surface area contributed by atoms with Crippen molar-refractivity contribution in [3.63, 3.8) is 0 Å². The van der Waals surface area contributed by atoms with Gasteiger partial charge in [-0.25, -0.2) is 13.2 Å². The highest BCUT2D eigenvalue weighted by Crippen LogP contribution is 2.40. The second kappa shape index (κ2) is 10.7. The van der Waals surface area contributed by atoms with Crippen LogP contribution in [0.5, 0.6) is 11.8 Å². The smallest absolute Gasteiger partial charge is 0.229 e. The first-order valence-corrected chi connectivity index (χ1v) is 10.3. The maximum atomic E-state index is 14.7. The fraction of sp³-hybridized carbons (Fsp3) is 0.348. The van der Waals surface area contributed by atoms with Crippen LogP contribution in [0.25, 0.3) is 22.6 Å². The minimum Gasteiger partial charge on any atom is -0.477 e. The molecule has 0 aliphatic carbocycles. The highest BCUT2D eigenvalue weighted by atomic mass is 19.1. The molecule has 2 heterocycles. The molecule has 1 aromatic carbocycles. The Kier molecular flexibility index (Phi) is 7.81. The number of unbranched alkanes of at least 4 members (excludes halogenated alkanes) is 2. The van der Waals surface area contributed by atoms with Gasteiger partial charge in [0.2, 0.25) is 11.8 Å². The van der Waals surface area contributed by atoms with Crippen LogP contribution in [0.1, 0.15) is 39.5 Å². The van der Waals surface area contributed by atoms with Gasteiger partial charge in [-0.1, -0.05) is 32.8 Å². The number of aromatic nitrogens is 3. The summed E-state index contributed by atoms with van der Waals surface area (Å²) in [5.41, 5.74) is -0.122. The average Bonchev–Trinajstić information content (AvgIpc) is 2.75. The Morgan fingerprint density at radius 3 is 1.87 bits per heavy atom. The summed E-state index contributed by atoms with van der Waals surface area (Å²) in [5.74, 6) is -3.09. The molecule has 5 nitrogen and oxygen atoms in total. The Labute approximate surface area is 179 Å². The molecule has 0 saturated heterocycles. The molecule has 0 amide bonds. The van der Waals surface area contributed by atoms with E-state index in [0.717, 1.165) is 12.8 Å². The van der Waals surface area contributed by atoms with E-state index in [1.54, 1.807) is 24.4 Å². The van der Waals surface area contributed by atoms with Gasteiger partial charge < -0.3 is 9.47 Å². The first kappa shape index (κ1) is 22.5. The molecular formula is C23H24F3N3O2. The van der Waals surface area contributed by atoms with Gasteiger partial charge in [0, 0.05) is 18.3 Å². The molecule has 0 fully saturated rings. The Morgan fingerprint density at radius 2 is 1.39 bits per heavy atom. The molecule has 0 aliphatic rings. The van der Waals surface area contributed by atoms with Crippen molar-refractivity contribution in [3.8, 4) is 34.4 Å². The predicted octanol–water partition coefficient (Wildman–Crippen LogP) is 5.98.